The number of epoxide rings is 2. The Morgan fingerprint density at radius 3 is 1.17 bits per heavy atom. The van der Waals surface area contributed by atoms with Gasteiger partial charge in [-0.05, 0) is 108 Å². The maximum Gasteiger partial charge on any atom is 0.317 e. The number of nitrogens with two attached hydrogens (primary N) is 1. The number of carboxylic acid groups (broad SMARTS) is 1. The van der Waals surface area contributed by atoms with Crippen LogP contribution < -0.4 is 36.5 Å². The summed E-state index contributed by atoms with van der Waals surface area (Å²) in [6.07, 6.45) is 1.44. The van der Waals surface area contributed by atoms with E-state index in [9.17, 15) is 38.4 Å². The van der Waals surface area contributed by atoms with E-state index in [0.717, 1.165) is 35.3 Å². The maximum atomic E-state index is 13.8. The normalized spacial score (nSPS) is 22.5. The molecule has 92 heavy (non-hydrogen) atoms. The molecule has 0 spiro atoms. The summed E-state index contributed by atoms with van der Waals surface area (Å²) in [5.74, 6) is -2.31. The molecule has 0 saturated carbocycles. The van der Waals surface area contributed by atoms with Crippen molar-refractivity contribution in [1.29, 1.82) is 0 Å². The van der Waals surface area contributed by atoms with Crippen molar-refractivity contribution in [3.63, 3.8) is 0 Å². The van der Waals surface area contributed by atoms with Crippen LogP contribution in [-0.2, 0) is 83.0 Å². The Morgan fingerprint density at radius 2 is 0.848 bits per heavy atom. The zero-order chi connectivity index (χ0) is 67.0. The molecule has 0 aliphatic carbocycles. The van der Waals surface area contributed by atoms with Gasteiger partial charge in [-0.25, -0.2) is 0 Å². The highest BCUT2D eigenvalue weighted by Gasteiger charge is 2.51. The molecule has 4 amide bonds. The molecule has 4 aliphatic heterocycles. The van der Waals surface area contributed by atoms with Crippen molar-refractivity contribution in [2.75, 3.05) is 66.7 Å². The summed E-state index contributed by atoms with van der Waals surface area (Å²) in [5.41, 5.74) is 7.29. The van der Waals surface area contributed by atoms with Gasteiger partial charge in [0.15, 0.2) is 11.6 Å². The zero-order valence-electron chi connectivity index (χ0n) is 54.2. The Bertz CT molecular complexity index is 2980. The second-order valence-corrected chi connectivity index (χ2v) is 24.2. The molecule has 0 radical (unpaired) electrons. The molecule has 4 aromatic rings. The minimum Gasteiger partial charge on any atom is -0.497 e. The van der Waals surface area contributed by atoms with Crippen LogP contribution in [0.2, 0.25) is 0 Å². The average Bonchev–Trinajstić information content (AvgIpc) is 1.65. The third-order valence-electron chi connectivity index (χ3n) is 15.6. The van der Waals surface area contributed by atoms with Crippen LogP contribution in [0.4, 0.5) is 13.9 Å². The molecule has 4 fully saturated rings. The number of Topliss-reactive ketones (excluding diaryl/α,β-unsaturated/α-hetero) is 3. The molecular formula is C67H92F3N7O15. The number of halogens is 3. The van der Waals surface area contributed by atoms with Crippen molar-refractivity contribution in [2.24, 2.45) is 11.7 Å². The number of rotatable bonds is 28. The molecule has 506 valence electrons. The standard InChI is InChI=1S/C34H45N3O7.C25H31N3O5.C8H15NO3.F2.FH/c1-22(15-27(38)20-37-18-23(2)44-24(3)19-37)32(40)36-30(17-26-11-13-28(42-5)14-12-26)33(41)35-29(31(39)34(4)21-43-34)16-25-9-7-6-8-10-25;1-16(26)23(30)28-21(14-18-9-11-19(32-3)12-10-18)24(31)27-20(22(29)25(2)15-33-25)13-17-7-5-4-6-8-17;1-6-3-9(5-8(10)11)4-7(2)12-6;1-2;/h6-14,22-24,29-30H,15-21H2,1-5H3,(H,35,41)(H,36,40);4-12,16,20-21H,13-15,26H2,1-3H3,(H,27,31)(H,28,30);6-7H,3-5H2,1-2H3,(H,10,11);;1H/t22-,23-,24+,29+,30+,34-;16-,20-,21-,25+;6-,7+;;/m10.../s1. The minimum atomic E-state index is -0.978. The van der Waals surface area contributed by atoms with Crippen LogP contribution in [0.25, 0.3) is 0 Å². The summed E-state index contributed by atoms with van der Waals surface area (Å²) in [6, 6.07) is 29.0. The summed E-state index contributed by atoms with van der Waals surface area (Å²) in [4.78, 5) is 107. The Labute approximate surface area is 536 Å². The van der Waals surface area contributed by atoms with Crippen molar-refractivity contribution in [2.45, 2.75) is 153 Å². The molecule has 4 heterocycles. The second kappa shape index (κ2) is 37.1. The zero-order valence-corrected chi connectivity index (χ0v) is 54.2. The van der Waals surface area contributed by atoms with Gasteiger partial charge in [0.1, 0.15) is 40.6 Å². The third-order valence-corrected chi connectivity index (χ3v) is 15.6. The molecule has 4 aliphatic rings. The molecule has 7 N–H and O–H groups in total. The molecule has 8 rings (SSSR count). The topological polar surface area (TPSA) is 299 Å². The van der Waals surface area contributed by atoms with E-state index in [1.54, 1.807) is 66.2 Å². The van der Waals surface area contributed by atoms with Crippen molar-refractivity contribution in [1.82, 2.24) is 31.1 Å². The van der Waals surface area contributed by atoms with Gasteiger partial charge in [-0.15, -0.1) is 0 Å². The van der Waals surface area contributed by atoms with Gasteiger partial charge in [-0.1, -0.05) is 91.9 Å². The van der Waals surface area contributed by atoms with Crippen molar-refractivity contribution < 1.29 is 85.7 Å². The minimum absolute atomic E-state index is 0. The first-order valence-corrected chi connectivity index (χ1v) is 30.6. The third kappa shape index (κ3) is 25.4. The van der Waals surface area contributed by atoms with Gasteiger partial charge >= 0.3 is 5.97 Å². The van der Waals surface area contributed by atoms with Gasteiger partial charge in [0.05, 0.1) is 83.1 Å². The number of benzene rings is 4. The smallest absolute Gasteiger partial charge is 0.317 e. The van der Waals surface area contributed by atoms with E-state index in [1.165, 1.54) is 0 Å². The first-order chi connectivity index (χ1) is 43.2. The number of carbonyl (C=O) groups excluding carboxylic acids is 7. The molecule has 22 nitrogen and oxygen atoms in total. The van der Waals surface area contributed by atoms with Crippen LogP contribution >= 0.6 is 0 Å². The van der Waals surface area contributed by atoms with Crippen LogP contribution in [0, 0.1) is 5.92 Å². The Hall–Kier alpha value is -7.65. The summed E-state index contributed by atoms with van der Waals surface area (Å²) in [5, 5.41) is 19.9. The molecule has 25 heteroatoms. The van der Waals surface area contributed by atoms with Gasteiger partial charge in [0.2, 0.25) is 23.6 Å². The van der Waals surface area contributed by atoms with Crippen molar-refractivity contribution in [3.05, 3.63) is 131 Å². The molecule has 0 aromatic heterocycles. The largest absolute Gasteiger partial charge is 0.497 e. The highest BCUT2D eigenvalue weighted by atomic mass is 20.0. The molecule has 0 unspecified atom stereocenters. The van der Waals surface area contributed by atoms with Crippen LogP contribution in [0.15, 0.2) is 109 Å². The molecule has 12 atom stereocenters. The van der Waals surface area contributed by atoms with Gasteiger partial charge in [0, 0.05) is 60.5 Å². The number of nitrogens with zero attached hydrogens (tertiary/aromatic N) is 2. The summed E-state index contributed by atoms with van der Waals surface area (Å²) >= 11 is 0. The Kier molecular flexibility index (Phi) is 31.0. The highest BCUT2D eigenvalue weighted by molar-refractivity contribution is 5.99. The summed E-state index contributed by atoms with van der Waals surface area (Å²) in [7, 11) is 3.14. The summed E-state index contributed by atoms with van der Waals surface area (Å²) in [6.45, 7) is 18.3. The van der Waals surface area contributed by atoms with E-state index >= 15 is 0 Å². The molecule has 4 aromatic carbocycles. The van der Waals surface area contributed by atoms with Crippen LogP contribution in [-0.4, -0.2) is 194 Å². The maximum absolute atomic E-state index is 13.8. The first-order valence-electron chi connectivity index (χ1n) is 30.6. The first kappa shape index (κ1) is 76.8. The number of hydrogen-bond acceptors (Lipinski definition) is 17. The van der Waals surface area contributed by atoms with Crippen molar-refractivity contribution in [3.8, 4) is 11.5 Å². The SMILES string of the molecule is COc1ccc(C[C@H](NC(=O)[C@H](C)CC(=O)CN2C[C@@H](C)O[C@@H](C)C2)C(=O)N[C@@H](Cc2ccccc2)C(=O)[C@@]2(C)CO2)cc1.COc1ccc(C[C@H](NC(=O)[C@H](C)N)C(=O)N[C@@H](Cc2ccccc2)C(=O)[C@@]2(C)CO2)cc1.C[C@@H]1CN(CC(=O)O)C[C@H](C)O1.F.FF. The van der Waals surface area contributed by atoms with Crippen molar-refractivity contribution >= 4 is 46.9 Å². The fourth-order valence-electron chi connectivity index (χ4n) is 10.7. The van der Waals surface area contributed by atoms with Crippen LogP contribution in [0.1, 0.15) is 84.1 Å². The average molecular weight is 1290 g/mol. The number of carbonyl (C=O) groups is 8. The van der Waals surface area contributed by atoms with Crippen LogP contribution in [0.3, 0.4) is 0 Å². The lowest BCUT2D eigenvalue weighted by atomic mass is 9.94. The summed E-state index contributed by atoms with van der Waals surface area (Å²) < 4.78 is 48.4. The number of nitrogens with one attached hydrogen (secondary N) is 4. The van der Waals surface area contributed by atoms with Gasteiger partial charge in [-0.2, -0.15) is 0 Å². The number of methoxy groups -OCH3 is 2. The quantitative estimate of drug-likeness (QED) is 0.0415. The van der Waals surface area contributed by atoms with E-state index in [-0.39, 0.29) is 85.2 Å². The molecule has 4 saturated heterocycles. The number of carboxylic acids is 1. The number of ether oxygens (including phenoxy) is 6. The van der Waals surface area contributed by atoms with Gasteiger partial charge in [0.25, 0.3) is 0 Å². The number of hydrogen-bond donors (Lipinski definition) is 6. The van der Waals surface area contributed by atoms with Crippen LogP contribution in [0.5, 0.6) is 11.5 Å². The van der Waals surface area contributed by atoms with E-state index in [2.05, 4.69) is 26.2 Å². The lowest BCUT2D eigenvalue weighted by Gasteiger charge is -2.34. The second-order valence-electron chi connectivity index (χ2n) is 24.2. The number of morpholine rings is 2. The van der Waals surface area contributed by atoms with E-state index in [4.69, 9.17) is 48.4 Å². The van der Waals surface area contributed by atoms with Gasteiger partial charge in [-0.3, -0.25) is 52.9 Å². The monoisotopic (exact) mass is 1290 g/mol. The fraction of sp³-hybridized carbons (Fsp3) is 0.522. The van der Waals surface area contributed by atoms with E-state index in [0.29, 0.717) is 44.2 Å². The van der Waals surface area contributed by atoms with E-state index < -0.39 is 76.9 Å². The Balaban J connectivity index is 0.000000329. The predicted octanol–water partition coefficient (Wildman–Crippen LogP) is 4.84. The Morgan fingerprint density at radius 1 is 0.533 bits per heavy atom. The predicted molar refractivity (Wildman–Crippen MR) is 338 cm³/mol. The fourth-order valence-corrected chi connectivity index (χ4v) is 10.7. The number of amides is 4. The lowest BCUT2D eigenvalue weighted by Crippen LogP contribution is -2.56. The van der Waals surface area contributed by atoms with E-state index in [1.807, 2.05) is 118 Å². The highest BCUT2D eigenvalue weighted by Crippen LogP contribution is 2.31. The van der Waals surface area contributed by atoms with Gasteiger partial charge < -0.3 is 60.5 Å². The molecule has 0 bridgehead atoms. The lowest BCUT2D eigenvalue weighted by molar-refractivity contribution is -0.141. The number of aliphatic carboxylic acids is 1. The number of ketones is 3. The molecular weight excluding hydrogens is 1200 g/mol.